The number of carbonyl (C=O) groups excluding carboxylic acids is 1. The zero-order chi connectivity index (χ0) is 18.6. The van der Waals surface area contributed by atoms with E-state index in [2.05, 4.69) is 10.2 Å². The van der Waals surface area contributed by atoms with Gasteiger partial charge in [-0.3, -0.25) is 4.79 Å². The predicted octanol–water partition coefficient (Wildman–Crippen LogP) is 2.19. The lowest BCUT2D eigenvalue weighted by Gasteiger charge is -2.31. The van der Waals surface area contributed by atoms with Gasteiger partial charge in [-0.15, -0.1) is 0 Å². The Bertz CT molecular complexity index is 716. The molecule has 25 heavy (non-hydrogen) atoms. The number of hydrogen-bond donors (Lipinski definition) is 1. The SMILES string of the molecule is CCC[C@@H](C)NC(=O)c1cc(S(=O)(=O)N2CCN(C)CC2)ccc1Cl. The van der Waals surface area contributed by atoms with Crippen molar-refractivity contribution >= 4 is 27.5 Å². The van der Waals surface area contributed by atoms with Crippen LogP contribution in [0.15, 0.2) is 23.1 Å². The van der Waals surface area contributed by atoms with Gasteiger partial charge < -0.3 is 10.2 Å². The third kappa shape index (κ3) is 4.94. The normalized spacial score (nSPS) is 18.1. The third-order valence-corrected chi connectivity index (χ3v) is 6.61. The van der Waals surface area contributed by atoms with Crippen molar-refractivity contribution in [2.45, 2.75) is 37.6 Å². The van der Waals surface area contributed by atoms with Crippen molar-refractivity contribution in [3.05, 3.63) is 28.8 Å². The molecule has 0 radical (unpaired) electrons. The Morgan fingerprint density at radius 2 is 1.92 bits per heavy atom. The van der Waals surface area contributed by atoms with Gasteiger partial charge in [0.2, 0.25) is 10.0 Å². The summed E-state index contributed by atoms with van der Waals surface area (Å²) in [5.74, 6) is -0.346. The highest BCUT2D eigenvalue weighted by molar-refractivity contribution is 7.89. The predicted molar refractivity (Wildman–Crippen MR) is 99.5 cm³/mol. The van der Waals surface area contributed by atoms with Crippen molar-refractivity contribution in [1.29, 1.82) is 0 Å². The maximum absolute atomic E-state index is 12.8. The summed E-state index contributed by atoms with van der Waals surface area (Å²) in [6.07, 6.45) is 1.80. The summed E-state index contributed by atoms with van der Waals surface area (Å²) >= 11 is 6.13. The number of benzene rings is 1. The van der Waals surface area contributed by atoms with Crippen molar-refractivity contribution in [3.8, 4) is 0 Å². The number of rotatable bonds is 6. The van der Waals surface area contributed by atoms with Crippen LogP contribution < -0.4 is 5.32 Å². The summed E-state index contributed by atoms with van der Waals surface area (Å²) in [6.45, 7) is 6.22. The van der Waals surface area contributed by atoms with Gasteiger partial charge in [0.25, 0.3) is 5.91 Å². The molecule has 1 aromatic rings. The highest BCUT2D eigenvalue weighted by Gasteiger charge is 2.28. The first-order chi connectivity index (χ1) is 11.8. The van der Waals surface area contributed by atoms with Crippen LogP contribution in [-0.2, 0) is 10.0 Å². The molecule has 0 aromatic heterocycles. The van der Waals surface area contributed by atoms with Crippen molar-refractivity contribution in [2.75, 3.05) is 33.2 Å². The molecule has 0 bridgehead atoms. The molecule has 1 aromatic carbocycles. The second kappa shape index (κ2) is 8.49. The minimum atomic E-state index is -3.63. The molecule has 1 fully saturated rings. The first-order valence-corrected chi connectivity index (χ1v) is 10.4. The molecule has 1 N–H and O–H groups in total. The maximum Gasteiger partial charge on any atom is 0.253 e. The van der Waals surface area contributed by atoms with Gasteiger partial charge in [-0.25, -0.2) is 8.42 Å². The van der Waals surface area contributed by atoms with Crippen LogP contribution in [0.4, 0.5) is 0 Å². The largest absolute Gasteiger partial charge is 0.350 e. The second-order valence-electron chi connectivity index (χ2n) is 6.51. The molecule has 1 aliphatic rings. The fourth-order valence-corrected chi connectivity index (χ4v) is 4.48. The molecule has 140 valence electrons. The smallest absolute Gasteiger partial charge is 0.253 e. The van der Waals surface area contributed by atoms with E-state index in [-0.39, 0.29) is 27.4 Å². The highest BCUT2D eigenvalue weighted by atomic mass is 35.5. The number of piperazine rings is 1. The van der Waals surface area contributed by atoms with Gasteiger partial charge in [0.1, 0.15) is 0 Å². The Balaban J connectivity index is 2.24. The number of carbonyl (C=O) groups is 1. The summed E-state index contributed by atoms with van der Waals surface area (Å²) in [7, 11) is -1.66. The van der Waals surface area contributed by atoms with Crippen molar-refractivity contribution in [3.63, 3.8) is 0 Å². The lowest BCUT2D eigenvalue weighted by atomic mass is 10.1. The fourth-order valence-electron chi connectivity index (χ4n) is 2.82. The molecule has 1 aliphatic heterocycles. The van der Waals surface area contributed by atoms with Crippen LogP contribution in [0.2, 0.25) is 5.02 Å². The molecular formula is C17H26ClN3O3S. The average molecular weight is 388 g/mol. The molecule has 1 heterocycles. The number of halogens is 1. The molecule has 0 aliphatic carbocycles. The maximum atomic E-state index is 12.8. The molecule has 1 saturated heterocycles. The minimum absolute atomic E-state index is 0.00598. The molecule has 6 nitrogen and oxygen atoms in total. The van der Waals surface area contributed by atoms with Gasteiger partial charge in [-0.05, 0) is 38.6 Å². The third-order valence-electron chi connectivity index (χ3n) is 4.38. The van der Waals surface area contributed by atoms with E-state index in [1.165, 1.54) is 22.5 Å². The monoisotopic (exact) mass is 387 g/mol. The van der Waals surface area contributed by atoms with Gasteiger partial charge >= 0.3 is 0 Å². The summed E-state index contributed by atoms with van der Waals surface area (Å²) < 4.78 is 27.1. The van der Waals surface area contributed by atoms with E-state index < -0.39 is 10.0 Å². The molecule has 8 heteroatoms. The lowest BCUT2D eigenvalue weighted by Crippen LogP contribution is -2.47. The Kier molecular flexibility index (Phi) is 6.85. The van der Waals surface area contributed by atoms with Crippen LogP contribution in [-0.4, -0.2) is 62.8 Å². The number of nitrogens with zero attached hydrogens (tertiary/aromatic N) is 2. The first-order valence-electron chi connectivity index (χ1n) is 8.54. The van der Waals surface area contributed by atoms with Gasteiger partial charge in [-0.2, -0.15) is 4.31 Å². The number of nitrogens with one attached hydrogen (secondary N) is 1. The van der Waals surface area contributed by atoms with Crippen molar-refractivity contribution < 1.29 is 13.2 Å². The van der Waals surface area contributed by atoms with Crippen LogP contribution in [0.5, 0.6) is 0 Å². The van der Waals surface area contributed by atoms with Gasteiger partial charge in [0, 0.05) is 32.2 Å². The number of sulfonamides is 1. The van der Waals surface area contributed by atoms with Crippen molar-refractivity contribution in [2.24, 2.45) is 0 Å². The standard InChI is InChI=1S/C17H26ClN3O3S/c1-4-5-13(2)19-17(22)15-12-14(6-7-16(15)18)25(23,24)21-10-8-20(3)9-11-21/h6-7,12-13H,4-5,8-11H2,1-3H3,(H,19,22)/t13-/m1/s1. The summed E-state index contributed by atoms with van der Waals surface area (Å²) in [5.41, 5.74) is 0.194. The fraction of sp³-hybridized carbons (Fsp3) is 0.588. The van der Waals surface area contributed by atoms with Gasteiger partial charge in [-0.1, -0.05) is 24.9 Å². The van der Waals surface area contributed by atoms with E-state index in [1.54, 1.807) is 0 Å². The van der Waals surface area contributed by atoms with Crippen LogP contribution in [0, 0.1) is 0 Å². The van der Waals surface area contributed by atoms with E-state index in [4.69, 9.17) is 11.6 Å². The van der Waals surface area contributed by atoms with Crippen molar-refractivity contribution in [1.82, 2.24) is 14.5 Å². The second-order valence-corrected chi connectivity index (χ2v) is 8.86. The first kappa shape index (κ1) is 20.2. The number of amides is 1. The molecule has 1 atom stereocenters. The Labute approximate surface area is 155 Å². The van der Waals surface area contributed by atoms with Gasteiger partial charge in [0.05, 0.1) is 15.5 Å². The van der Waals surface area contributed by atoms with E-state index >= 15 is 0 Å². The Morgan fingerprint density at radius 1 is 1.28 bits per heavy atom. The number of likely N-dealkylation sites (N-methyl/N-ethyl adjacent to an activating group) is 1. The Morgan fingerprint density at radius 3 is 2.52 bits per heavy atom. The van der Waals surface area contributed by atoms with E-state index in [9.17, 15) is 13.2 Å². The minimum Gasteiger partial charge on any atom is -0.350 e. The summed E-state index contributed by atoms with van der Waals surface area (Å²) in [6, 6.07) is 4.32. The zero-order valence-corrected chi connectivity index (χ0v) is 16.5. The molecule has 1 amide bonds. The highest BCUT2D eigenvalue weighted by Crippen LogP contribution is 2.24. The quantitative estimate of drug-likeness (QED) is 0.812. The van der Waals surface area contributed by atoms with Crippen LogP contribution >= 0.6 is 11.6 Å². The van der Waals surface area contributed by atoms with Crippen LogP contribution in [0.3, 0.4) is 0 Å². The zero-order valence-electron chi connectivity index (χ0n) is 15.0. The van der Waals surface area contributed by atoms with E-state index in [0.717, 1.165) is 12.8 Å². The molecule has 0 saturated carbocycles. The number of hydrogen-bond acceptors (Lipinski definition) is 4. The molecule has 0 unspecified atom stereocenters. The average Bonchev–Trinajstić information content (AvgIpc) is 2.55. The molecule has 2 rings (SSSR count). The van der Waals surface area contributed by atoms with E-state index in [1.807, 2.05) is 20.9 Å². The van der Waals surface area contributed by atoms with Gasteiger partial charge in [0.15, 0.2) is 0 Å². The topological polar surface area (TPSA) is 69.7 Å². The van der Waals surface area contributed by atoms with Crippen LogP contribution in [0.1, 0.15) is 37.0 Å². The Hall–Kier alpha value is -1.15. The summed E-state index contributed by atoms with van der Waals surface area (Å²) in [5, 5.41) is 3.11. The van der Waals surface area contributed by atoms with E-state index in [0.29, 0.717) is 26.2 Å². The molecular weight excluding hydrogens is 362 g/mol. The lowest BCUT2D eigenvalue weighted by molar-refractivity contribution is 0.0938. The summed E-state index contributed by atoms with van der Waals surface area (Å²) in [4.78, 5) is 14.6. The molecule has 0 spiro atoms. The van der Waals surface area contributed by atoms with Crippen LogP contribution in [0.25, 0.3) is 0 Å².